The van der Waals surface area contributed by atoms with Crippen molar-refractivity contribution in [3.05, 3.63) is 48.0 Å². The average molecular weight is 388 g/mol. The highest BCUT2D eigenvalue weighted by molar-refractivity contribution is 7.92. The maximum atomic E-state index is 14.3. The normalized spacial score (nSPS) is 11.8. The Bertz CT molecular complexity index is 1290. The molecule has 11 heteroatoms. The summed E-state index contributed by atoms with van der Waals surface area (Å²) in [7, 11) is -2.88. The number of aromatic nitrogens is 5. The van der Waals surface area contributed by atoms with Gasteiger partial charge in [-0.3, -0.25) is 9.71 Å². The summed E-state index contributed by atoms with van der Waals surface area (Å²) in [6.07, 6.45) is 1.44. The van der Waals surface area contributed by atoms with Crippen LogP contribution in [0.2, 0.25) is 0 Å². The fraction of sp³-hybridized carbons (Fsp3) is 0.125. The van der Waals surface area contributed by atoms with Gasteiger partial charge in [0.1, 0.15) is 11.5 Å². The molecule has 27 heavy (non-hydrogen) atoms. The second-order valence-electron chi connectivity index (χ2n) is 5.65. The van der Waals surface area contributed by atoms with Gasteiger partial charge < -0.3 is 4.74 Å². The molecule has 0 saturated carbocycles. The van der Waals surface area contributed by atoms with Gasteiger partial charge in [0.25, 0.3) is 21.0 Å². The number of hydrogen-bond acceptors (Lipinski definition) is 7. The Morgan fingerprint density at radius 3 is 2.81 bits per heavy atom. The number of anilines is 1. The highest BCUT2D eigenvalue weighted by atomic mass is 32.2. The summed E-state index contributed by atoms with van der Waals surface area (Å²) >= 11 is 0. The van der Waals surface area contributed by atoms with Crippen LogP contribution in [0.15, 0.2) is 41.7 Å². The van der Waals surface area contributed by atoms with E-state index in [1.54, 1.807) is 25.1 Å². The molecule has 3 aromatic heterocycles. The van der Waals surface area contributed by atoms with Crippen LogP contribution < -0.4 is 9.46 Å². The molecule has 0 radical (unpaired) electrons. The topological polar surface area (TPSA) is 111 Å². The monoisotopic (exact) mass is 388 g/mol. The minimum atomic E-state index is -4.30. The lowest BCUT2D eigenvalue weighted by molar-refractivity contribution is 0.383. The summed E-state index contributed by atoms with van der Waals surface area (Å²) in [4.78, 5) is 12.1. The molecule has 4 rings (SSSR count). The third-order valence-electron chi connectivity index (χ3n) is 3.80. The quantitative estimate of drug-likeness (QED) is 0.568. The van der Waals surface area contributed by atoms with Crippen molar-refractivity contribution in [2.24, 2.45) is 0 Å². The number of hydrogen-bond donors (Lipinski definition) is 1. The largest absolute Gasteiger partial charge is 0.481 e. The number of benzene rings is 1. The van der Waals surface area contributed by atoms with Crippen molar-refractivity contribution in [1.82, 2.24) is 24.6 Å². The summed E-state index contributed by atoms with van der Waals surface area (Å²) in [6, 6.07) is 7.62. The fourth-order valence-electron chi connectivity index (χ4n) is 2.59. The Kier molecular flexibility index (Phi) is 3.88. The van der Waals surface area contributed by atoms with Crippen LogP contribution in [0.4, 0.5) is 10.1 Å². The van der Waals surface area contributed by atoms with E-state index in [4.69, 9.17) is 4.74 Å². The summed E-state index contributed by atoms with van der Waals surface area (Å²) in [5.41, 5.74) is 0.479. The Morgan fingerprint density at radius 2 is 2.04 bits per heavy atom. The van der Waals surface area contributed by atoms with Crippen molar-refractivity contribution in [1.29, 1.82) is 0 Å². The SMILES string of the molecule is COc1cc(C)nc2nc(S(=O)(=O)Nc3c(F)ccc4cccnc34)nn12. The van der Waals surface area contributed by atoms with Gasteiger partial charge in [-0.05, 0) is 25.1 Å². The number of rotatable bonds is 4. The van der Waals surface area contributed by atoms with E-state index in [2.05, 4.69) is 24.8 Å². The van der Waals surface area contributed by atoms with Crippen LogP contribution in [-0.2, 0) is 10.0 Å². The van der Waals surface area contributed by atoms with E-state index < -0.39 is 21.0 Å². The molecule has 0 bridgehead atoms. The Morgan fingerprint density at radius 1 is 1.22 bits per heavy atom. The van der Waals surface area contributed by atoms with Crippen molar-refractivity contribution in [3.8, 4) is 5.88 Å². The Labute approximate surface area is 152 Å². The van der Waals surface area contributed by atoms with Gasteiger partial charge in [0, 0.05) is 23.3 Å². The van der Waals surface area contributed by atoms with Crippen molar-refractivity contribution in [2.75, 3.05) is 11.8 Å². The van der Waals surface area contributed by atoms with Crippen molar-refractivity contribution in [2.45, 2.75) is 12.1 Å². The number of ether oxygens (including phenoxy) is 1. The van der Waals surface area contributed by atoms with Crippen molar-refractivity contribution in [3.63, 3.8) is 0 Å². The highest BCUT2D eigenvalue weighted by Gasteiger charge is 2.25. The van der Waals surface area contributed by atoms with E-state index in [0.717, 1.165) is 10.6 Å². The molecule has 0 atom stereocenters. The molecule has 1 aromatic carbocycles. The summed E-state index contributed by atoms with van der Waals surface area (Å²) < 4.78 is 48.3. The van der Waals surface area contributed by atoms with Gasteiger partial charge in [0.15, 0.2) is 0 Å². The molecule has 0 aliphatic heterocycles. The molecule has 4 aromatic rings. The van der Waals surface area contributed by atoms with E-state index in [9.17, 15) is 12.8 Å². The molecule has 0 amide bonds. The maximum Gasteiger partial charge on any atom is 0.299 e. The average Bonchev–Trinajstić information content (AvgIpc) is 3.08. The number of nitrogens with zero attached hydrogens (tertiary/aromatic N) is 5. The van der Waals surface area contributed by atoms with E-state index in [0.29, 0.717) is 11.1 Å². The molecular formula is C16H13FN6O3S. The van der Waals surface area contributed by atoms with Crippen LogP contribution in [-0.4, -0.2) is 40.1 Å². The molecule has 0 spiro atoms. The van der Waals surface area contributed by atoms with Crippen LogP contribution in [0.1, 0.15) is 5.69 Å². The molecule has 0 aliphatic carbocycles. The zero-order valence-electron chi connectivity index (χ0n) is 14.2. The third-order valence-corrected chi connectivity index (χ3v) is 4.92. The first-order valence-electron chi connectivity index (χ1n) is 7.73. The number of sulfonamides is 1. The summed E-state index contributed by atoms with van der Waals surface area (Å²) in [5.74, 6) is -0.451. The third kappa shape index (κ3) is 2.91. The van der Waals surface area contributed by atoms with Gasteiger partial charge in [-0.25, -0.2) is 9.37 Å². The molecule has 0 unspecified atom stereocenters. The molecule has 0 fully saturated rings. The second kappa shape index (κ2) is 6.13. The van der Waals surface area contributed by atoms with Crippen LogP contribution in [0.5, 0.6) is 5.88 Å². The van der Waals surface area contributed by atoms with Gasteiger partial charge in [0.05, 0.1) is 12.6 Å². The number of pyridine rings is 1. The molecule has 9 nitrogen and oxygen atoms in total. The summed E-state index contributed by atoms with van der Waals surface area (Å²) in [5, 5.41) is 3.95. The van der Waals surface area contributed by atoms with E-state index >= 15 is 0 Å². The van der Waals surface area contributed by atoms with Gasteiger partial charge in [-0.1, -0.05) is 6.07 Å². The van der Waals surface area contributed by atoms with Gasteiger partial charge in [0.2, 0.25) is 5.88 Å². The molecule has 1 N–H and O–H groups in total. The second-order valence-corrected chi connectivity index (χ2v) is 7.23. The van der Waals surface area contributed by atoms with Crippen LogP contribution in [0, 0.1) is 12.7 Å². The highest BCUT2D eigenvalue weighted by Crippen LogP contribution is 2.26. The van der Waals surface area contributed by atoms with Gasteiger partial charge in [-0.15, -0.1) is 5.10 Å². The molecular weight excluding hydrogens is 375 g/mol. The molecule has 3 heterocycles. The van der Waals surface area contributed by atoms with Crippen LogP contribution in [0.25, 0.3) is 16.7 Å². The lowest BCUT2D eigenvalue weighted by Crippen LogP contribution is -2.16. The zero-order valence-corrected chi connectivity index (χ0v) is 15.0. The lowest BCUT2D eigenvalue weighted by Gasteiger charge is -2.09. The Balaban J connectivity index is 1.84. The summed E-state index contributed by atoms with van der Waals surface area (Å²) in [6.45, 7) is 1.71. The van der Waals surface area contributed by atoms with Crippen LogP contribution >= 0.6 is 0 Å². The van der Waals surface area contributed by atoms with E-state index in [1.165, 1.54) is 19.4 Å². The van der Waals surface area contributed by atoms with E-state index in [-0.39, 0.29) is 22.9 Å². The number of fused-ring (bicyclic) bond motifs is 2. The maximum absolute atomic E-state index is 14.3. The zero-order chi connectivity index (χ0) is 19.2. The van der Waals surface area contributed by atoms with Crippen molar-refractivity contribution < 1.29 is 17.5 Å². The Hall–Kier alpha value is -3.34. The minimum absolute atomic E-state index is 0.0451. The first-order valence-corrected chi connectivity index (χ1v) is 9.22. The standard InChI is InChI=1S/C16H13FN6O3S/c1-9-8-12(26-2)23-15(19-9)20-16(21-23)27(24,25)22-14-11(17)6-5-10-4-3-7-18-13(10)14/h3-8,22H,1-2H3. The van der Waals surface area contributed by atoms with Crippen molar-refractivity contribution >= 4 is 32.4 Å². The first kappa shape index (κ1) is 17.1. The molecule has 0 aliphatic rings. The smallest absolute Gasteiger partial charge is 0.299 e. The van der Waals surface area contributed by atoms with Gasteiger partial charge >= 0.3 is 0 Å². The molecule has 0 saturated heterocycles. The first-order chi connectivity index (χ1) is 12.9. The number of methoxy groups -OCH3 is 1. The predicted molar refractivity (Wildman–Crippen MR) is 94.6 cm³/mol. The fourth-order valence-corrected chi connectivity index (χ4v) is 3.54. The number of aryl methyl sites for hydroxylation is 1. The minimum Gasteiger partial charge on any atom is -0.481 e. The number of nitrogens with one attached hydrogen (secondary N) is 1. The predicted octanol–water partition coefficient (Wildman–Crippen LogP) is 1.93. The van der Waals surface area contributed by atoms with Gasteiger partial charge in [-0.2, -0.15) is 17.9 Å². The molecule has 138 valence electrons. The van der Waals surface area contributed by atoms with Crippen LogP contribution in [0.3, 0.4) is 0 Å². The number of halogens is 1. The van der Waals surface area contributed by atoms with E-state index in [1.807, 2.05) is 0 Å². The lowest BCUT2D eigenvalue weighted by atomic mass is 10.2.